The number of benzene rings is 1. The number of aromatic nitrogens is 2. The van der Waals surface area contributed by atoms with Gasteiger partial charge in [0.2, 0.25) is 0 Å². The van der Waals surface area contributed by atoms with E-state index in [2.05, 4.69) is 15.1 Å². The second-order valence-electron chi connectivity index (χ2n) is 6.43. The molecule has 10 heteroatoms. The zero-order chi connectivity index (χ0) is 20.8. The smallest absolute Gasteiger partial charge is 0.280 e. The quantitative estimate of drug-likeness (QED) is 0.702. The minimum absolute atomic E-state index is 0.0478. The van der Waals surface area contributed by atoms with Crippen LogP contribution in [0.1, 0.15) is 23.2 Å². The Hall–Kier alpha value is -3.33. The van der Waals surface area contributed by atoms with Crippen molar-refractivity contribution in [2.75, 3.05) is 7.05 Å². The number of carbonyl (C=O) groups is 1. The van der Waals surface area contributed by atoms with E-state index in [0.717, 1.165) is 6.07 Å². The third-order valence-electron chi connectivity index (χ3n) is 4.71. The third kappa shape index (κ3) is 3.03. The van der Waals surface area contributed by atoms with Gasteiger partial charge in [0.05, 0.1) is 0 Å². The number of pyridine rings is 1. The molecule has 3 heterocycles. The minimum Gasteiger partial charge on any atom is -0.369 e. The van der Waals surface area contributed by atoms with Gasteiger partial charge >= 0.3 is 0 Å². The Balaban J connectivity index is 1.99. The molecule has 1 atom stereocenters. The fourth-order valence-corrected chi connectivity index (χ4v) is 3.52. The molecule has 0 fully saturated rings. The number of alkyl halides is 2. The molecule has 0 aliphatic carbocycles. The van der Waals surface area contributed by atoms with E-state index in [1.165, 1.54) is 30.5 Å². The third-order valence-corrected chi connectivity index (χ3v) is 4.93. The second-order valence-corrected chi connectivity index (χ2v) is 6.86. The van der Waals surface area contributed by atoms with Gasteiger partial charge in [-0.3, -0.25) is 14.7 Å². The predicted octanol–water partition coefficient (Wildman–Crippen LogP) is 3.36. The highest BCUT2D eigenvalue weighted by molar-refractivity contribution is 6.31. The molecule has 3 aromatic rings. The standard InChI is InChI=1S/C19H14ClF2N5O2/c1-27-17(28)19(25-18(27)23,11-2-4-24-15(9-11)16(21)22)12-6-10(7-13(20)8-12)14-3-5-29-26-14/h2-9,16H,1H3,(H2,23,25). The van der Waals surface area contributed by atoms with E-state index in [1.807, 2.05) is 0 Å². The highest BCUT2D eigenvalue weighted by Crippen LogP contribution is 2.42. The first kappa shape index (κ1) is 19.0. The molecule has 2 aromatic heterocycles. The molecule has 2 N–H and O–H groups in total. The van der Waals surface area contributed by atoms with Crippen LogP contribution in [-0.2, 0) is 10.3 Å². The van der Waals surface area contributed by atoms with E-state index < -0.39 is 23.6 Å². The van der Waals surface area contributed by atoms with Gasteiger partial charge in [0.15, 0.2) is 11.5 Å². The van der Waals surface area contributed by atoms with Gasteiger partial charge in [-0.25, -0.2) is 13.8 Å². The lowest BCUT2D eigenvalue weighted by molar-refractivity contribution is -0.129. The summed E-state index contributed by atoms with van der Waals surface area (Å²) in [5.41, 5.74) is 5.37. The molecule has 0 spiro atoms. The van der Waals surface area contributed by atoms with Gasteiger partial charge in [0, 0.05) is 29.9 Å². The van der Waals surface area contributed by atoms with Gasteiger partial charge in [0.25, 0.3) is 12.3 Å². The molecular weight excluding hydrogens is 404 g/mol. The molecule has 0 saturated carbocycles. The Morgan fingerprint density at radius 1 is 1.21 bits per heavy atom. The van der Waals surface area contributed by atoms with Crippen molar-refractivity contribution in [3.05, 3.63) is 70.7 Å². The van der Waals surface area contributed by atoms with Gasteiger partial charge < -0.3 is 10.3 Å². The first-order chi connectivity index (χ1) is 13.8. The number of carbonyl (C=O) groups excluding carboxylic acids is 1. The molecule has 0 radical (unpaired) electrons. The fraction of sp³-hybridized carbons (Fsp3) is 0.158. The summed E-state index contributed by atoms with van der Waals surface area (Å²) in [7, 11) is 1.46. The number of hydrogen-bond donors (Lipinski definition) is 1. The van der Waals surface area contributed by atoms with Crippen molar-refractivity contribution in [3.8, 4) is 11.3 Å². The second kappa shape index (κ2) is 6.93. The summed E-state index contributed by atoms with van der Waals surface area (Å²) >= 11 is 6.30. The van der Waals surface area contributed by atoms with Crippen LogP contribution >= 0.6 is 11.6 Å². The molecule has 7 nitrogen and oxygen atoms in total. The molecule has 4 rings (SSSR count). The van der Waals surface area contributed by atoms with Crippen molar-refractivity contribution in [3.63, 3.8) is 0 Å². The summed E-state index contributed by atoms with van der Waals surface area (Å²) in [4.78, 5) is 22.5. The predicted molar refractivity (Wildman–Crippen MR) is 101 cm³/mol. The largest absolute Gasteiger partial charge is 0.369 e. The SMILES string of the molecule is CN1C(=O)C(c2cc(Cl)cc(-c3ccon3)c2)(c2ccnc(C(F)F)c2)N=C1N. The summed E-state index contributed by atoms with van der Waals surface area (Å²) in [6.07, 6.45) is -0.208. The number of halogens is 3. The van der Waals surface area contributed by atoms with Crippen molar-refractivity contribution in [2.45, 2.75) is 12.0 Å². The maximum atomic E-state index is 13.3. The van der Waals surface area contributed by atoms with Crippen LogP contribution < -0.4 is 5.73 Å². The molecule has 1 aliphatic heterocycles. The number of aliphatic imine (C=N–C) groups is 1. The van der Waals surface area contributed by atoms with Gasteiger partial charge in [-0.15, -0.1) is 0 Å². The van der Waals surface area contributed by atoms with Crippen LogP contribution in [0.5, 0.6) is 0 Å². The van der Waals surface area contributed by atoms with E-state index in [9.17, 15) is 13.6 Å². The van der Waals surface area contributed by atoms with Crippen molar-refractivity contribution in [1.82, 2.24) is 15.0 Å². The van der Waals surface area contributed by atoms with Crippen LogP contribution in [0, 0.1) is 0 Å². The van der Waals surface area contributed by atoms with E-state index in [0.29, 0.717) is 21.8 Å². The first-order valence-electron chi connectivity index (χ1n) is 8.43. The Morgan fingerprint density at radius 3 is 2.62 bits per heavy atom. The zero-order valence-corrected chi connectivity index (χ0v) is 15.8. The number of guanidine groups is 1. The van der Waals surface area contributed by atoms with Crippen LogP contribution in [0.25, 0.3) is 11.3 Å². The van der Waals surface area contributed by atoms with Crippen LogP contribution in [-0.4, -0.2) is 34.0 Å². The maximum absolute atomic E-state index is 13.3. The van der Waals surface area contributed by atoms with Gasteiger partial charge in [-0.05, 0) is 41.5 Å². The van der Waals surface area contributed by atoms with Gasteiger partial charge in [-0.1, -0.05) is 16.8 Å². The minimum atomic E-state index is -2.81. The summed E-state index contributed by atoms with van der Waals surface area (Å²) in [5.74, 6) is -0.553. The van der Waals surface area contributed by atoms with Crippen molar-refractivity contribution in [2.24, 2.45) is 10.7 Å². The van der Waals surface area contributed by atoms with E-state index >= 15 is 0 Å². The van der Waals surface area contributed by atoms with E-state index in [4.69, 9.17) is 21.9 Å². The number of hydrogen-bond acceptors (Lipinski definition) is 6. The summed E-state index contributed by atoms with van der Waals surface area (Å²) in [6.45, 7) is 0. The number of amides is 1. The first-order valence-corrected chi connectivity index (χ1v) is 8.80. The normalized spacial score (nSPS) is 19.1. The number of nitrogens with two attached hydrogens (primary N) is 1. The van der Waals surface area contributed by atoms with Crippen molar-refractivity contribution < 1.29 is 18.1 Å². The van der Waals surface area contributed by atoms with Crippen molar-refractivity contribution >= 4 is 23.5 Å². The van der Waals surface area contributed by atoms with E-state index in [-0.39, 0.29) is 11.5 Å². The molecular formula is C19H14ClF2N5O2. The lowest BCUT2D eigenvalue weighted by Crippen LogP contribution is -2.41. The molecule has 1 aromatic carbocycles. The van der Waals surface area contributed by atoms with Gasteiger partial charge in [-0.2, -0.15) is 0 Å². The average molecular weight is 418 g/mol. The van der Waals surface area contributed by atoms with Crippen LogP contribution in [0.3, 0.4) is 0 Å². The number of nitrogens with zero attached hydrogens (tertiary/aromatic N) is 4. The summed E-state index contributed by atoms with van der Waals surface area (Å²) < 4.78 is 31.4. The maximum Gasteiger partial charge on any atom is 0.280 e. The molecule has 29 heavy (non-hydrogen) atoms. The Bertz CT molecular complexity index is 1120. The highest BCUT2D eigenvalue weighted by atomic mass is 35.5. The van der Waals surface area contributed by atoms with Crippen LogP contribution in [0.15, 0.2) is 58.4 Å². The number of likely N-dealkylation sites (N-methyl/N-ethyl adjacent to an activating group) is 1. The fourth-order valence-electron chi connectivity index (χ4n) is 3.28. The summed E-state index contributed by atoms with van der Waals surface area (Å²) in [6, 6.07) is 9.07. The van der Waals surface area contributed by atoms with Crippen molar-refractivity contribution in [1.29, 1.82) is 0 Å². The average Bonchev–Trinajstić information content (AvgIpc) is 3.32. The number of rotatable bonds is 4. The Kier molecular flexibility index (Phi) is 4.54. The molecule has 0 bridgehead atoms. The van der Waals surface area contributed by atoms with Crippen LogP contribution in [0.2, 0.25) is 5.02 Å². The highest BCUT2D eigenvalue weighted by Gasteiger charge is 2.50. The zero-order valence-electron chi connectivity index (χ0n) is 15.0. The Labute approximate surface area is 168 Å². The molecule has 1 amide bonds. The topological polar surface area (TPSA) is 97.6 Å². The molecule has 1 aliphatic rings. The Morgan fingerprint density at radius 2 is 2.00 bits per heavy atom. The summed E-state index contributed by atoms with van der Waals surface area (Å²) in [5, 5.41) is 4.18. The lowest BCUT2D eigenvalue weighted by atomic mass is 9.82. The van der Waals surface area contributed by atoms with E-state index in [1.54, 1.807) is 24.3 Å². The molecule has 1 unspecified atom stereocenters. The lowest BCUT2D eigenvalue weighted by Gasteiger charge is -2.27. The monoisotopic (exact) mass is 417 g/mol. The van der Waals surface area contributed by atoms with Gasteiger partial charge in [0.1, 0.15) is 17.7 Å². The molecule has 0 saturated heterocycles. The van der Waals surface area contributed by atoms with Crippen LogP contribution in [0.4, 0.5) is 8.78 Å². The molecule has 148 valence electrons.